The number of ether oxygens (including phenoxy) is 4. The van der Waals surface area contributed by atoms with E-state index >= 15 is 0 Å². The van der Waals surface area contributed by atoms with Crippen LogP contribution in [0, 0.1) is 23.2 Å². The molecule has 8 rings (SSSR count). The van der Waals surface area contributed by atoms with Crippen LogP contribution in [-0.4, -0.2) is 71.3 Å². The third-order valence-corrected chi connectivity index (χ3v) is 16.2. The molecule has 0 aromatic heterocycles. The second kappa shape index (κ2) is 20.9. The Morgan fingerprint density at radius 3 is 1.50 bits per heavy atom. The number of amides is 4. The average Bonchev–Trinajstić information content (AvgIpc) is 3.69. The molecule has 0 spiro atoms. The summed E-state index contributed by atoms with van der Waals surface area (Å²) < 4.78 is 22.0. The highest BCUT2D eigenvalue weighted by atomic mass is 35.5. The second-order valence-electron chi connectivity index (χ2n) is 21.3. The van der Waals surface area contributed by atoms with E-state index in [0.717, 1.165) is 35.1 Å². The van der Waals surface area contributed by atoms with Crippen molar-refractivity contribution in [1.82, 2.24) is 9.80 Å². The summed E-state index contributed by atoms with van der Waals surface area (Å²) >= 11 is 26.0. The molecular formula is C56H66Cl4N2O8. The smallest absolute Gasteiger partial charge is 0.417 e. The number of imide groups is 2. The molecular weight excluding hydrogens is 970 g/mol. The first-order valence-electron chi connectivity index (χ1n) is 24.3. The highest BCUT2D eigenvalue weighted by Gasteiger charge is 2.64. The second-order valence-corrected chi connectivity index (χ2v) is 23.0. The van der Waals surface area contributed by atoms with E-state index < -0.39 is 28.8 Å². The standard InChI is InChI=1S/C29H35Cl2NO4.C27H31Cl2NO4/c1-7-29-15-14-22(21-13-12-20(35-6)16-23(21)31)24(18-8-10-19(30)11-9-18)25(29)17(2)32(26(29)33)27(34)36-28(3,4)5;1-15-23-21(25(31)30(15)26(32)34-27(2,3)4)13-12-20(19-11-10-18(33-5)14-22(19)29)24(23)16-6-8-17(28)9-7-16/h8-13,16-17,22,24-25H,7,14-15H2,1-6H3;6-11,14-15,20-21,23-24H,12-13H2,1-5H3/t17-,22+,24+,25+,29-;15-,20+,21+,23-,24+/m11/s1. The van der Waals surface area contributed by atoms with E-state index in [1.165, 1.54) is 9.80 Å². The van der Waals surface area contributed by atoms with Crippen molar-refractivity contribution < 1.29 is 38.1 Å². The van der Waals surface area contributed by atoms with E-state index in [1.807, 2.05) is 120 Å². The first-order valence-corrected chi connectivity index (χ1v) is 25.8. The number of benzene rings is 4. The van der Waals surface area contributed by atoms with Gasteiger partial charge in [-0.2, -0.15) is 0 Å². The third kappa shape index (κ3) is 10.5. The van der Waals surface area contributed by atoms with Gasteiger partial charge < -0.3 is 18.9 Å². The Bertz CT molecular complexity index is 2580. The third-order valence-electron chi connectivity index (χ3n) is 15.1. The van der Waals surface area contributed by atoms with Crippen molar-refractivity contribution in [3.63, 3.8) is 0 Å². The van der Waals surface area contributed by atoms with Crippen molar-refractivity contribution in [2.45, 2.75) is 141 Å². The highest BCUT2D eigenvalue weighted by Crippen LogP contribution is 2.63. The summed E-state index contributed by atoms with van der Waals surface area (Å²) in [6.07, 6.45) is 2.40. The van der Waals surface area contributed by atoms with E-state index in [4.69, 9.17) is 65.4 Å². The van der Waals surface area contributed by atoms with Gasteiger partial charge in [0.15, 0.2) is 0 Å². The van der Waals surface area contributed by atoms with Gasteiger partial charge in [-0.3, -0.25) is 9.59 Å². The quantitative estimate of drug-likeness (QED) is 0.180. The fraction of sp³-hybridized carbons (Fsp3) is 0.500. The van der Waals surface area contributed by atoms with Crippen LogP contribution in [0.25, 0.3) is 0 Å². The van der Waals surface area contributed by atoms with Crippen LogP contribution in [0.5, 0.6) is 11.5 Å². The molecule has 0 N–H and O–H groups in total. The molecule has 376 valence electrons. The Hall–Kier alpha value is -4.48. The van der Waals surface area contributed by atoms with Gasteiger partial charge >= 0.3 is 12.2 Å². The molecule has 0 bridgehead atoms. The minimum atomic E-state index is -0.695. The molecule has 2 heterocycles. The van der Waals surface area contributed by atoms with E-state index in [-0.39, 0.29) is 65.3 Å². The number of halogens is 4. The van der Waals surface area contributed by atoms with E-state index in [0.29, 0.717) is 50.9 Å². The lowest BCUT2D eigenvalue weighted by Crippen LogP contribution is -2.44. The summed E-state index contributed by atoms with van der Waals surface area (Å²) in [5.41, 5.74) is 2.19. The predicted molar refractivity (Wildman–Crippen MR) is 277 cm³/mol. The molecule has 4 aromatic rings. The molecule has 4 fully saturated rings. The Balaban J connectivity index is 0.000000207. The molecule has 14 heteroatoms. The molecule has 0 radical (unpaired) electrons. The maximum Gasteiger partial charge on any atom is 0.417 e. The summed E-state index contributed by atoms with van der Waals surface area (Å²) in [5, 5.41) is 2.59. The maximum atomic E-state index is 14.0. The number of hydrogen-bond donors (Lipinski definition) is 0. The van der Waals surface area contributed by atoms with Gasteiger partial charge in [-0.15, -0.1) is 0 Å². The largest absolute Gasteiger partial charge is 0.497 e. The Morgan fingerprint density at radius 1 is 0.614 bits per heavy atom. The van der Waals surface area contributed by atoms with E-state index in [2.05, 4.69) is 6.92 Å². The molecule has 10 nitrogen and oxygen atoms in total. The maximum absolute atomic E-state index is 14.0. The normalized spacial score (nSPS) is 27.5. The summed E-state index contributed by atoms with van der Waals surface area (Å²) in [7, 11) is 3.24. The van der Waals surface area contributed by atoms with Crippen molar-refractivity contribution in [3.05, 3.63) is 127 Å². The van der Waals surface area contributed by atoms with Gasteiger partial charge in [-0.05, 0) is 188 Å². The summed E-state index contributed by atoms with van der Waals surface area (Å²) in [4.78, 5) is 56.5. The van der Waals surface area contributed by atoms with Crippen LogP contribution < -0.4 is 9.47 Å². The van der Waals surface area contributed by atoms with Gasteiger partial charge in [0.2, 0.25) is 11.8 Å². The van der Waals surface area contributed by atoms with Crippen molar-refractivity contribution in [1.29, 1.82) is 0 Å². The number of nitrogens with zero attached hydrogens (tertiary/aromatic N) is 2. The number of fused-ring (bicyclic) bond motifs is 2. The summed E-state index contributed by atoms with van der Waals surface area (Å²) in [6.45, 7) is 16.9. The predicted octanol–water partition coefficient (Wildman–Crippen LogP) is 14.9. The number of hydrogen-bond acceptors (Lipinski definition) is 8. The topological polar surface area (TPSA) is 112 Å². The van der Waals surface area contributed by atoms with E-state index in [9.17, 15) is 19.2 Å². The van der Waals surface area contributed by atoms with Crippen LogP contribution in [0.2, 0.25) is 20.1 Å². The van der Waals surface area contributed by atoms with Gasteiger partial charge in [0.1, 0.15) is 22.7 Å². The van der Waals surface area contributed by atoms with Crippen molar-refractivity contribution >= 4 is 70.4 Å². The zero-order valence-electron chi connectivity index (χ0n) is 42.0. The number of rotatable bonds is 7. The Kier molecular flexibility index (Phi) is 15.9. The zero-order chi connectivity index (χ0) is 51.2. The summed E-state index contributed by atoms with van der Waals surface area (Å²) in [6, 6.07) is 26.6. The lowest BCUT2D eigenvalue weighted by atomic mass is 9.54. The molecule has 4 amide bonds. The lowest BCUT2D eigenvalue weighted by Gasteiger charge is -2.47. The first kappa shape index (κ1) is 53.3. The minimum absolute atomic E-state index is 0.0201. The number of carbonyl (C=O) groups is 4. The van der Waals surface area contributed by atoms with Gasteiger partial charge in [-0.25, -0.2) is 19.4 Å². The first-order chi connectivity index (χ1) is 32.9. The SMILES string of the molecule is CC[C@@]12CC[C@@H](c3ccc(OC)cc3Cl)[C@H](c3ccc(Cl)cc3)[C@@H]1[C@@H](C)N(C(=O)OC(C)(C)C)C2=O.COc1ccc([C@@H]2CC[C@@H]3C(=O)N(C(=O)OC(C)(C)C)[C@H](C)[C@H]3[C@H]2c2ccc(Cl)cc2)c(Cl)c1. The van der Waals surface area contributed by atoms with Gasteiger partial charge in [-0.1, -0.05) is 89.7 Å². The van der Waals surface area contributed by atoms with Crippen LogP contribution in [0.1, 0.15) is 140 Å². The lowest BCUT2D eigenvalue weighted by molar-refractivity contribution is -0.138. The molecule has 2 aliphatic carbocycles. The fourth-order valence-electron chi connectivity index (χ4n) is 12.2. The molecule has 0 unspecified atom stereocenters. The molecule has 2 aliphatic heterocycles. The fourth-order valence-corrected chi connectivity index (χ4v) is 13.1. The molecule has 10 atom stereocenters. The van der Waals surface area contributed by atoms with Gasteiger partial charge in [0.05, 0.1) is 19.6 Å². The number of carbonyl (C=O) groups excluding carboxylic acids is 4. The van der Waals surface area contributed by atoms with Crippen LogP contribution in [0.4, 0.5) is 9.59 Å². The number of methoxy groups -OCH3 is 2. The highest BCUT2D eigenvalue weighted by molar-refractivity contribution is 6.32. The minimum Gasteiger partial charge on any atom is -0.497 e. The molecule has 70 heavy (non-hydrogen) atoms. The Morgan fingerprint density at radius 2 is 1.06 bits per heavy atom. The van der Waals surface area contributed by atoms with Crippen LogP contribution in [-0.2, 0) is 19.1 Å². The van der Waals surface area contributed by atoms with Gasteiger partial charge in [0, 0.05) is 44.0 Å². The van der Waals surface area contributed by atoms with E-state index in [1.54, 1.807) is 35.0 Å². The van der Waals surface area contributed by atoms with Gasteiger partial charge in [0.25, 0.3) is 0 Å². The van der Waals surface area contributed by atoms with Crippen LogP contribution >= 0.6 is 46.4 Å². The molecule has 2 saturated carbocycles. The molecule has 2 saturated heterocycles. The summed E-state index contributed by atoms with van der Waals surface area (Å²) in [5.74, 6) is 0.756. The monoisotopic (exact) mass is 1030 g/mol. The van der Waals surface area contributed by atoms with Crippen LogP contribution in [0.15, 0.2) is 84.9 Å². The van der Waals surface area contributed by atoms with Crippen molar-refractivity contribution in [2.75, 3.05) is 14.2 Å². The number of likely N-dealkylation sites (tertiary alicyclic amines) is 2. The van der Waals surface area contributed by atoms with Crippen molar-refractivity contribution in [3.8, 4) is 11.5 Å². The molecule has 4 aromatic carbocycles. The zero-order valence-corrected chi connectivity index (χ0v) is 45.0. The average molecular weight is 1040 g/mol. The molecule has 4 aliphatic rings. The Labute approximate surface area is 433 Å². The van der Waals surface area contributed by atoms with Crippen molar-refractivity contribution in [2.24, 2.45) is 23.2 Å². The van der Waals surface area contributed by atoms with Crippen LogP contribution in [0.3, 0.4) is 0 Å².